The SMILES string of the molecule is CCN(Cc1ccccc1)C(=O)c1cn(C2CCNCC2)nn1. The van der Waals surface area contributed by atoms with Gasteiger partial charge in [0, 0.05) is 13.1 Å². The number of benzene rings is 1. The summed E-state index contributed by atoms with van der Waals surface area (Å²) in [5.74, 6) is -0.0588. The molecule has 1 aromatic heterocycles. The predicted molar refractivity (Wildman–Crippen MR) is 88.0 cm³/mol. The van der Waals surface area contributed by atoms with Crippen LogP contribution in [0, 0.1) is 0 Å². The number of rotatable bonds is 5. The summed E-state index contributed by atoms with van der Waals surface area (Å²) in [6.07, 6.45) is 3.85. The van der Waals surface area contributed by atoms with E-state index in [0.717, 1.165) is 31.5 Å². The van der Waals surface area contributed by atoms with Gasteiger partial charge in [-0.15, -0.1) is 5.10 Å². The van der Waals surface area contributed by atoms with E-state index in [-0.39, 0.29) is 5.91 Å². The zero-order chi connectivity index (χ0) is 16.1. The molecule has 3 rings (SSSR count). The molecule has 23 heavy (non-hydrogen) atoms. The zero-order valence-corrected chi connectivity index (χ0v) is 13.5. The highest BCUT2D eigenvalue weighted by atomic mass is 16.2. The summed E-state index contributed by atoms with van der Waals surface area (Å²) in [6, 6.07) is 10.4. The number of hydrogen-bond acceptors (Lipinski definition) is 4. The quantitative estimate of drug-likeness (QED) is 0.915. The van der Waals surface area contributed by atoms with Crippen LogP contribution >= 0.6 is 0 Å². The zero-order valence-electron chi connectivity index (χ0n) is 13.5. The van der Waals surface area contributed by atoms with E-state index in [1.54, 1.807) is 11.1 Å². The van der Waals surface area contributed by atoms with Crippen LogP contribution in [0.15, 0.2) is 36.5 Å². The second-order valence-electron chi connectivity index (χ2n) is 5.87. The van der Waals surface area contributed by atoms with Gasteiger partial charge in [0.1, 0.15) is 0 Å². The lowest BCUT2D eigenvalue weighted by Gasteiger charge is -2.22. The van der Waals surface area contributed by atoms with Crippen molar-refractivity contribution in [3.8, 4) is 0 Å². The second-order valence-corrected chi connectivity index (χ2v) is 5.87. The van der Waals surface area contributed by atoms with Crippen LogP contribution in [0.3, 0.4) is 0 Å². The van der Waals surface area contributed by atoms with Gasteiger partial charge < -0.3 is 10.2 Å². The molecule has 122 valence electrons. The number of nitrogens with zero attached hydrogens (tertiary/aromatic N) is 4. The van der Waals surface area contributed by atoms with E-state index in [2.05, 4.69) is 15.6 Å². The molecular weight excluding hydrogens is 290 g/mol. The van der Waals surface area contributed by atoms with Crippen molar-refractivity contribution in [2.75, 3.05) is 19.6 Å². The normalized spacial score (nSPS) is 15.5. The summed E-state index contributed by atoms with van der Waals surface area (Å²) in [6.45, 7) is 5.20. The maximum atomic E-state index is 12.7. The van der Waals surface area contributed by atoms with E-state index in [4.69, 9.17) is 0 Å². The van der Waals surface area contributed by atoms with Crippen molar-refractivity contribution >= 4 is 5.91 Å². The Labute approximate surface area is 136 Å². The van der Waals surface area contributed by atoms with Gasteiger partial charge in [0.2, 0.25) is 0 Å². The van der Waals surface area contributed by atoms with Gasteiger partial charge in [-0.2, -0.15) is 0 Å². The van der Waals surface area contributed by atoms with Gasteiger partial charge in [-0.3, -0.25) is 4.79 Å². The topological polar surface area (TPSA) is 63.1 Å². The van der Waals surface area contributed by atoms with E-state index >= 15 is 0 Å². The van der Waals surface area contributed by atoms with Crippen molar-refractivity contribution in [1.29, 1.82) is 0 Å². The first kappa shape index (κ1) is 15.7. The Morgan fingerprint density at radius 1 is 1.30 bits per heavy atom. The van der Waals surface area contributed by atoms with E-state index in [0.29, 0.717) is 24.8 Å². The molecule has 0 radical (unpaired) electrons. The molecular formula is C17H23N5O. The number of amides is 1. The summed E-state index contributed by atoms with van der Waals surface area (Å²) >= 11 is 0. The molecule has 0 atom stereocenters. The van der Waals surface area contributed by atoms with Gasteiger partial charge in [0.15, 0.2) is 5.69 Å². The van der Waals surface area contributed by atoms with Crippen molar-refractivity contribution in [1.82, 2.24) is 25.2 Å². The molecule has 1 aromatic carbocycles. The van der Waals surface area contributed by atoms with Gasteiger partial charge in [0.25, 0.3) is 5.91 Å². The summed E-state index contributed by atoms with van der Waals surface area (Å²) in [7, 11) is 0. The molecule has 6 nitrogen and oxygen atoms in total. The van der Waals surface area contributed by atoms with E-state index < -0.39 is 0 Å². The fourth-order valence-corrected chi connectivity index (χ4v) is 2.92. The van der Waals surface area contributed by atoms with Crippen LogP contribution in [0.4, 0.5) is 0 Å². The first-order valence-corrected chi connectivity index (χ1v) is 8.23. The highest BCUT2D eigenvalue weighted by Crippen LogP contribution is 2.17. The molecule has 0 bridgehead atoms. The summed E-state index contributed by atoms with van der Waals surface area (Å²) in [5.41, 5.74) is 1.55. The average molecular weight is 313 g/mol. The third-order valence-electron chi connectivity index (χ3n) is 4.30. The number of piperidine rings is 1. The van der Waals surface area contributed by atoms with Crippen molar-refractivity contribution in [3.05, 3.63) is 47.8 Å². The number of aromatic nitrogens is 3. The smallest absolute Gasteiger partial charge is 0.276 e. The maximum absolute atomic E-state index is 12.7. The summed E-state index contributed by atoms with van der Waals surface area (Å²) in [5, 5.41) is 11.6. The van der Waals surface area contributed by atoms with Crippen molar-refractivity contribution in [2.24, 2.45) is 0 Å². The molecule has 0 unspecified atom stereocenters. The minimum atomic E-state index is -0.0588. The van der Waals surface area contributed by atoms with Crippen LogP contribution in [-0.2, 0) is 6.54 Å². The molecule has 1 aliphatic heterocycles. The number of carbonyl (C=O) groups is 1. The number of hydrogen-bond donors (Lipinski definition) is 1. The third kappa shape index (κ3) is 3.76. The predicted octanol–water partition coefficient (Wildman–Crippen LogP) is 1.86. The molecule has 1 fully saturated rings. The molecule has 2 aromatic rings. The highest BCUT2D eigenvalue weighted by molar-refractivity contribution is 5.91. The molecule has 6 heteroatoms. The lowest BCUT2D eigenvalue weighted by molar-refractivity contribution is 0.0746. The molecule has 0 spiro atoms. The molecule has 2 heterocycles. The molecule has 1 aliphatic rings. The number of nitrogens with one attached hydrogen (secondary N) is 1. The fraction of sp³-hybridized carbons (Fsp3) is 0.471. The van der Waals surface area contributed by atoms with Crippen molar-refractivity contribution in [2.45, 2.75) is 32.4 Å². The van der Waals surface area contributed by atoms with Gasteiger partial charge in [-0.25, -0.2) is 4.68 Å². The van der Waals surface area contributed by atoms with E-state index in [1.807, 2.05) is 41.9 Å². The van der Waals surface area contributed by atoms with Gasteiger partial charge >= 0.3 is 0 Å². The molecule has 1 amide bonds. The first-order valence-electron chi connectivity index (χ1n) is 8.23. The van der Waals surface area contributed by atoms with Crippen molar-refractivity contribution < 1.29 is 4.79 Å². The highest BCUT2D eigenvalue weighted by Gasteiger charge is 2.21. The Balaban J connectivity index is 1.69. The van der Waals surface area contributed by atoms with Crippen LogP contribution in [0.5, 0.6) is 0 Å². The lowest BCUT2D eigenvalue weighted by Crippen LogP contribution is -2.31. The largest absolute Gasteiger partial charge is 0.333 e. The molecule has 1 saturated heterocycles. The average Bonchev–Trinajstić information content (AvgIpc) is 3.11. The Morgan fingerprint density at radius 2 is 2.04 bits per heavy atom. The Kier molecular flexibility index (Phi) is 5.02. The Bertz CT molecular complexity index is 633. The maximum Gasteiger partial charge on any atom is 0.276 e. The van der Waals surface area contributed by atoms with Crippen LogP contribution in [0.1, 0.15) is 41.9 Å². The van der Waals surface area contributed by atoms with Gasteiger partial charge in [-0.1, -0.05) is 35.5 Å². The van der Waals surface area contributed by atoms with E-state index in [9.17, 15) is 4.79 Å². The first-order chi connectivity index (χ1) is 11.3. The lowest BCUT2D eigenvalue weighted by atomic mass is 10.1. The standard InChI is InChI=1S/C17H23N5O/c1-2-21(12-14-6-4-3-5-7-14)17(23)16-13-22(20-19-16)15-8-10-18-11-9-15/h3-7,13,15,18H,2,8-12H2,1H3. The third-order valence-corrected chi connectivity index (χ3v) is 4.30. The van der Waals surface area contributed by atoms with Gasteiger partial charge in [0.05, 0.1) is 12.2 Å². The molecule has 0 saturated carbocycles. The monoisotopic (exact) mass is 313 g/mol. The minimum Gasteiger partial charge on any atom is -0.333 e. The fourth-order valence-electron chi connectivity index (χ4n) is 2.92. The van der Waals surface area contributed by atoms with Crippen molar-refractivity contribution in [3.63, 3.8) is 0 Å². The summed E-state index contributed by atoms with van der Waals surface area (Å²) in [4.78, 5) is 14.5. The Hall–Kier alpha value is -2.21. The van der Waals surface area contributed by atoms with Crippen LogP contribution in [0.25, 0.3) is 0 Å². The van der Waals surface area contributed by atoms with Crippen LogP contribution < -0.4 is 5.32 Å². The second kappa shape index (κ2) is 7.37. The molecule has 0 aliphatic carbocycles. The molecule has 1 N–H and O–H groups in total. The van der Waals surface area contributed by atoms with Gasteiger partial charge in [-0.05, 0) is 38.4 Å². The minimum absolute atomic E-state index is 0.0588. The van der Waals surface area contributed by atoms with Crippen LogP contribution in [0.2, 0.25) is 0 Å². The Morgan fingerprint density at radius 3 is 2.74 bits per heavy atom. The van der Waals surface area contributed by atoms with Crippen LogP contribution in [-0.4, -0.2) is 45.4 Å². The summed E-state index contributed by atoms with van der Waals surface area (Å²) < 4.78 is 1.85. The number of carbonyl (C=O) groups excluding carboxylic acids is 1. The van der Waals surface area contributed by atoms with E-state index in [1.165, 1.54) is 0 Å².